The van der Waals surface area contributed by atoms with Crippen molar-refractivity contribution in [2.75, 3.05) is 6.54 Å². The minimum Gasteiger partial charge on any atom is -0.465 e. The van der Waals surface area contributed by atoms with E-state index in [0.717, 1.165) is 11.1 Å². The van der Waals surface area contributed by atoms with Gasteiger partial charge in [0.15, 0.2) is 0 Å². The summed E-state index contributed by atoms with van der Waals surface area (Å²) in [6.45, 7) is 0.942. The number of rotatable bonds is 0. The highest BCUT2D eigenvalue weighted by atomic mass is 35.5. The Bertz CT molecular complexity index is 381. The van der Waals surface area contributed by atoms with Crippen LogP contribution >= 0.6 is 11.6 Å². The largest absolute Gasteiger partial charge is 0.465 e. The number of aromatic nitrogens is 1. The lowest BCUT2D eigenvalue weighted by Crippen LogP contribution is -2.34. The van der Waals surface area contributed by atoms with Crippen LogP contribution in [-0.4, -0.2) is 27.6 Å². The molecule has 74 valence electrons. The summed E-state index contributed by atoms with van der Waals surface area (Å²) in [5, 5.41) is 9.26. The van der Waals surface area contributed by atoms with E-state index in [0.29, 0.717) is 24.7 Å². The van der Waals surface area contributed by atoms with Crippen molar-refractivity contribution in [2.24, 2.45) is 0 Å². The minimum atomic E-state index is -0.884. The highest BCUT2D eigenvalue weighted by molar-refractivity contribution is 6.29. The normalized spacial score (nSPS) is 15.1. The van der Waals surface area contributed by atoms with Crippen molar-refractivity contribution < 1.29 is 9.90 Å². The van der Waals surface area contributed by atoms with E-state index in [2.05, 4.69) is 4.98 Å². The van der Waals surface area contributed by atoms with E-state index < -0.39 is 6.09 Å². The number of carbonyl (C=O) groups is 1. The summed E-state index contributed by atoms with van der Waals surface area (Å²) in [5.41, 5.74) is 2.05. The quantitative estimate of drug-likeness (QED) is 0.667. The lowest BCUT2D eigenvalue weighted by atomic mass is 10.0. The molecule has 1 aliphatic heterocycles. The monoisotopic (exact) mass is 212 g/mol. The molecule has 0 bridgehead atoms. The molecule has 14 heavy (non-hydrogen) atoms. The number of halogens is 1. The molecular weight excluding hydrogens is 204 g/mol. The van der Waals surface area contributed by atoms with Crippen LogP contribution in [0.3, 0.4) is 0 Å². The molecule has 0 spiro atoms. The maximum Gasteiger partial charge on any atom is 0.407 e. The van der Waals surface area contributed by atoms with Gasteiger partial charge in [-0.1, -0.05) is 11.6 Å². The summed E-state index contributed by atoms with van der Waals surface area (Å²) in [7, 11) is 0. The van der Waals surface area contributed by atoms with Gasteiger partial charge in [-0.05, 0) is 23.6 Å². The van der Waals surface area contributed by atoms with Crippen LogP contribution in [0.5, 0.6) is 0 Å². The smallest absolute Gasteiger partial charge is 0.407 e. The molecule has 1 N–H and O–H groups in total. The average molecular weight is 213 g/mol. The van der Waals surface area contributed by atoms with Gasteiger partial charge >= 0.3 is 6.09 Å². The standard InChI is InChI=1S/C9H9ClN2O2/c10-8-3-6-1-2-12(9(13)14)5-7(6)4-11-8/h3-4H,1-2,5H2,(H,13,14). The first-order chi connectivity index (χ1) is 6.66. The third-order valence-corrected chi connectivity index (χ3v) is 2.54. The van der Waals surface area contributed by atoms with Gasteiger partial charge in [-0.3, -0.25) is 0 Å². The summed E-state index contributed by atoms with van der Waals surface area (Å²) < 4.78 is 0. The highest BCUT2D eigenvalue weighted by Crippen LogP contribution is 2.20. The second kappa shape index (κ2) is 3.46. The van der Waals surface area contributed by atoms with Gasteiger partial charge in [-0.15, -0.1) is 0 Å². The Balaban J connectivity index is 2.27. The van der Waals surface area contributed by atoms with Crippen molar-refractivity contribution in [2.45, 2.75) is 13.0 Å². The first-order valence-electron chi connectivity index (χ1n) is 4.28. The number of fused-ring (bicyclic) bond motifs is 1. The zero-order chi connectivity index (χ0) is 10.1. The molecule has 0 aliphatic carbocycles. The van der Waals surface area contributed by atoms with E-state index in [1.165, 1.54) is 4.90 Å². The fourth-order valence-electron chi connectivity index (χ4n) is 1.57. The number of carboxylic acid groups (broad SMARTS) is 1. The molecule has 0 saturated heterocycles. The van der Waals surface area contributed by atoms with Crippen molar-refractivity contribution in [3.05, 3.63) is 28.5 Å². The molecule has 2 heterocycles. The minimum absolute atomic E-state index is 0.412. The molecule has 1 aromatic rings. The van der Waals surface area contributed by atoms with Crippen molar-refractivity contribution in [1.29, 1.82) is 0 Å². The summed E-state index contributed by atoms with van der Waals surface area (Å²) in [6.07, 6.45) is 1.47. The summed E-state index contributed by atoms with van der Waals surface area (Å²) in [6, 6.07) is 1.80. The Morgan fingerprint density at radius 3 is 3.07 bits per heavy atom. The van der Waals surface area contributed by atoms with Gasteiger partial charge in [-0.2, -0.15) is 0 Å². The zero-order valence-electron chi connectivity index (χ0n) is 7.40. The Hall–Kier alpha value is -1.29. The predicted octanol–water partition coefficient (Wildman–Crippen LogP) is 1.77. The summed E-state index contributed by atoms with van der Waals surface area (Å²) >= 11 is 5.73. The molecule has 1 amide bonds. The van der Waals surface area contributed by atoms with Gasteiger partial charge in [0.25, 0.3) is 0 Å². The van der Waals surface area contributed by atoms with E-state index in [4.69, 9.17) is 16.7 Å². The highest BCUT2D eigenvalue weighted by Gasteiger charge is 2.20. The van der Waals surface area contributed by atoms with Crippen LogP contribution in [0.1, 0.15) is 11.1 Å². The van der Waals surface area contributed by atoms with E-state index in [1.807, 2.05) is 0 Å². The molecule has 0 atom stereocenters. The zero-order valence-corrected chi connectivity index (χ0v) is 8.16. The third-order valence-electron chi connectivity index (χ3n) is 2.33. The maximum atomic E-state index is 10.7. The first kappa shape index (κ1) is 9.27. The van der Waals surface area contributed by atoms with Crippen LogP contribution < -0.4 is 0 Å². The molecule has 1 aromatic heterocycles. The molecular formula is C9H9ClN2O2. The second-order valence-corrected chi connectivity index (χ2v) is 3.62. The third kappa shape index (κ3) is 1.65. The number of pyridine rings is 1. The molecule has 0 fully saturated rings. The number of amides is 1. The van der Waals surface area contributed by atoms with Crippen molar-refractivity contribution in [1.82, 2.24) is 9.88 Å². The van der Waals surface area contributed by atoms with Crippen LogP contribution in [0.25, 0.3) is 0 Å². The van der Waals surface area contributed by atoms with Crippen molar-refractivity contribution in [3.63, 3.8) is 0 Å². The molecule has 0 saturated carbocycles. The molecule has 0 radical (unpaired) electrons. The Labute approximate surface area is 86.1 Å². The van der Waals surface area contributed by atoms with Crippen molar-refractivity contribution >= 4 is 17.7 Å². The van der Waals surface area contributed by atoms with Gasteiger partial charge in [-0.25, -0.2) is 9.78 Å². The molecule has 0 unspecified atom stereocenters. The SMILES string of the molecule is O=C(O)N1CCc2cc(Cl)ncc2C1. The van der Waals surface area contributed by atoms with Gasteiger partial charge < -0.3 is 10.0 Å². The second-order valence-electron chi connectivity index (χ2n) is 3.23. The summed E-state index contributed by atoms with van der Waals surface area (Å²) in [4.78, 5) is 16.0. The van der Waals surface area contributed by atoms with E-state index in [9.17, 15) is 4.79 Å². The van der Waals surface area contributed by atoms with Crippen molar-refractivity contribution in [3.8, 4) is 0 Å². The Morgan fingerprint density at radius 2 is 2.36 bits per heavy atom. The van der Waals surface area contributed by atoms with Gasteiger partial charge in [0.2, 0.25) is 0 Å². The molecule has 4 nitrogen and oxygen atoms in total. The molecule has 1 aliphatic rings. The van der Waals surface area contributed by atoms with E-state index in [-0.39, 0.29) is 0 Å². The fourth-order valence-corrected chi connectivity index (χ4v) is 1.76. The lowest BCUT2D eigenvalue weighted by molar-refractivity contribution is 0.140. The van der Waals surface area contributed by atoms with Crippen LogP contribution in [0.4, 0.5) is 4.79 Å². The van der Waals surface area contributed by atoms with Gasteiger partial charge in [0.1, 0.15) is 5.15 Å². The molecule has 5 heteroatoms. The first-order valence-corrected chi connectivity index (χ1v) is 4.66. The van der Waals surface area contributed by atoms with Crippen LogP contribution in [0, 0.1) is 0 Å². The lowest BCUT2D eigenvalue weighted by Gasteiger charge is -2.25. The number of hydrogen-bond donors (Lipinski definition) is 1. The van der Waals surface area contributed by atoms with Gasteiger partial charge in [0, 0.05) is 12.7 Å². The number of hydrogen-bond acceptors (Lipinski definition) is 2. The fraction of sp³-hybridized carbons (Fsp3) is 0.333. The van der Waals surface area contributed by atoms with Crippen LogP contribution in [0.2, 0.25) is 5.15 Å². The predicted molar refractivity (Wildman–Crippen MR) is 51.4 cm³/mol. The van der Waals surface area contributed by atoms with Crippen LogP contribution in [0.15, 0.2) is 12.3 Å². The van der Waals surface area contributed by atoms with Gasteiger partial charge in [0.05, 0.1) is 6.54 Å². The topological polar surface area (TPSA) is 53.4 Å². The van der Waals surface area contributed by atoms with E-state index >= 15 is 0 Å². The average Bonchev–Trinajstić information content (AvgIpc) is 2.16. The molecule has 2 rings (SSSR count). The Morgan fingerprint density at radius 1 is 1.57 bits per heavy atom. The number of nitrogens with zero attached hydrogens (tertiary/aromatic N) is 2. The van der Waals surface area contributed by atoms with E-state index in [1.54, 1.807) is 12.3 Å². The summed E-state index contributed by atoms with van der Waals surface area (Å²) in [5.74, 6) is 0. The molecule has 0 aromatic carbocycles. The Kier molecular flexibility index (Phi) is 2.29. The van der Waals surface area contributed by atoms with Crippen LogP contribution in [-0.2, 0) is 13.0 Å². The maximum absolute atomic E-state index is 10.7.